The first-order chi connectivity index (χ1) is 11.3. The first-order valence-corrected chi connectivity index (χ1v) is 5.71. The lowest BCUT2D eigenvalue weighted by Crippen LogP contribution is -2.59. The van der Waals surface area contributed by atoms with Gasteiger partial charge in [-0.2, -0.15) is 70.2 Å². The van der Waals surface area contributed by atoms with Gasteiger partial charge in [-0.15, -0.1) is 0 Å². The van der Waals surface area contributed by atoms with Crippen molar-refractivity contribution in [3.05, 3.63) is 11.1 Å². The van der Waals surface area contributed by atoms with Crippen molar-refractivity contribution in [2.24, 2.45) is 0 Å². The van der Waals surface area contributed by atoms with Gasteiger partial charge >= 0.3 is 42.2 Å². The minimum absolute atomic E-state index is 1.27. The molecule has 0 aliphatic heterocycles. The van der Waals surface area contributed by atoms with Crippen molar-refractivity contribution >= 4 is 0 Å². The molecule has 27 heavy (non-hydrogen) atoms. The molecule has 0 aromatic heterocycles. The summed E-state index contributed by atoms with van der Waals surface area (Å²) in [5, 5.41) is 0. The van der Waals surface area contributed by atoms with Crippen molar-refractivity contribution in [1.82, 2.24) is 0 Å². The Bertz CT molecular complexity index is 563. The largest absolute Gasteiger partial charge is 0.460 e. The van der Waals surface area contributed by atoms with Crippen LogP contribution < -0.4 is 0 Å². The Balaban J connectivity index is 7.35. The zero-order valence-corrected chi connectivity index (χ0v) is 11.9. The normalized spacial score (nSPS) is 17.1. The number of allylic oxidation sites excluding steroid dienone is 2. The molecular weight excluding hydrogens is 443 g/mol. The molecule has 17 heteroatoms. The summed E-state index contributed by atoms with van der Waals surface area (Å²) >= 11 is 0. The molecule has 0 heterocycles. The van der Waals surface area contributed by atoms with Gasteiger partial charge in [-0.25, -0.2) is 4.39 Å². The first kappa shape index (κ1) is 25.6. The Morgan fingerprint density at radius 2 is 0.778 bits per heavy atom. The molecule has 0 rings (SSSR count). The first-order valence-electron chi connectivity index (χ1n) is 5.71. The van der Waals surface area contributed by atoms with Crippen molar-refractivity contribution < 1.29 is 74.6 Å². The van der Waals surface area contributed by atoms with E-state index in [1.54, 1.807) is 0 Å². The van der Waals surface area contributed by atoms with Crippen LogP contribution in [0.1, 0.15) is 6.92 Å². The maximum absolute atomic E-state index is 13.5. The molecule has 0 aromatic rings. The van der Waals surface area contributed by atoms with Crippen molar-refractivity contribution in [2.75, 3.05) is 0 Å². The van der Waals surface area contributed by atoms with Crippen molar-refractivity contribution in [3.8, 4) is 0 Å². The van der Waals surface area contributed by atoms with Crippen LogP contribution in [0.25, 0.3) is 0 Å². The fourth-order valence-electron chi connectivity index (χ4n) is 1.72. The van der Waals surface area contributed by atoms with Crippen LogP contribution in [-0.2, 0) is 0 Å². The minimum Gasteiger partial charge on any atom is -0.219 e. The molecule has 0 aliphatic carbocycles. The second kappa shape index (κ2) is 6.28. The summed E-state index contributed by atoms with van der Waals surface area (Å²) in [6, 6.07) is 0. The molecule has 0 unspecified atom stereocenters. The number of halogens is 17. The molecule has 0 amide bonds. The minimum atomic E-state index is -7.80. The highest BCUT2D eigenvalue weighted by atomic mass is 19.4. The smallest absolute Gasteiger partial charge is 0.219 e. The molecular formula is C10H3F17. The second-order valence-corrected chi connectivity index (χ2v) is 4.80. The van der Waals surface area contributed by atoms with Gasteiger partial charge < -0.3 is 0 Å². The van der Waals surface area contributed by atoms with Gasteiger partial charge in [-0.3, -0.25) is 0 Å². The van der Waals surface area contributed by atoms with Crippen LogP contribution in [0, 0.1) is 0 Å². The van der Waals surface area contributed by atoms with Gasteiger partial charge in [0.05, 0.1) is 0 Å². The van der Waals surface area contributed by atoms with Gasteiger partial charge in [-0.05, 0) is 12.5 Å². The average molecular weight is 446 g/mol. The highest BCUT2D eigenvalue weighted by Crippen LogP contribution is 2.58. The molecule has 0 saturated carbocycles. The summed E-state index contributed by atoms with van der Waals surface area (Å²) in [5.41, 5.74) is -16.5. The van der Waals surface area contributed by atoms with E-state index in [2.05, 4.69) is 0 Å². The fraction of sp³-hybridized carbons (Fsp3) is 0.800. The lowest BCUT2D eigenvalue weighted by Gasteiger charge is -2.36. The Kier molecular flexibility index (Phi) is 5.95. The summed E-state index contributed by atoms with van der Waals surface area (Å²) in [4.78, 5) is 0. The summed E-state index contributed by atoms with van der Waals surface area (Å²) in [7, 11) is 0. The van der Waals surface area contributed by atoms with E-state index in [-0.39, 0.29) is 0 Å². The average Bonchev–Trinajstić information content (AvgIpc) is 2.30. The van der Waals surface area contributed by atoms with E-state index in [0.717, 1.165) is 0 Å². The fourth-order valence-corrected chi connectivity index (χ4v) is 1.72. The van der Waals surface area contributed by atoms with E-state index in [1.807, 2.05) is 0 Å². The van der Waals surface area contributed by atoms with E-state index in [4.69, 9.17) is 0 Å². The van der Waals surface area contributed by atoms with E-state index in [0.29, 0.717) is 0 Å². The summed E-state index contributed by atoms with van der Waals surface area (Å²) in [6.45, 7) is -1.27. The van der Waals surface area contributed by atoms with E-state index >= 15 is 0 Å². The Labute approximate surface area is 136 Å². The third-order valence-electron chi connectivity index (χ3n) is 3.02. The quantitative estimate of drug-likeness (QED) is 0.342. The molecule has 0 fully saturated rings. The van der Waals surface area contributed by atoms with Crippen LogP contribution in [0.2, 0.25) is 0 Å². The Hall–Kier alpha value is -1.45. The van der Waals surface area contributed by atoms with Gasteiger partial charge in [0, 0.05) is 0 Å². The standard InChI is InChI=1S/C10H3F17/c1-2(4(11,8(19,20)21)9(22,23)24)3(6(14,15)16)5(12,13)7(17,18)10(25,26)27/h1H3/b3-2-. The third kappa shape index (κ3) is 3.90. The molecule has 0 spiro atoms. The van der Waals surface area contributed by atoms with Crippen LogP contribution >= 0.6 is 0 Å². The molecule has 0 bridgehead atoms. The van der Waals surface area contributed by atoms with Gasteiger partial charge in [0.1, 0.15) is 5.57 Å². The lowest BCUT2D eigenvalue weighted by atomic mass is 9.86. The van der Waals surface area contributed by atoms with Crippen LogP contribution in [0.4, 0.5) is 74.6 Å². The molecule has 0 N–H and O–H groups in total. The number of alkyl halides is 17. The van der Waals surface area contributed by atoms with Crippen molar-refractivity contribution in [3.63, 3.8) is 0 Å². The predicted molar refractivity (Wildman–Crippen MR) is 50.7 cm³/mol. The topological polar surface area (TPSA) is 0 Å². The number of hydrogen-bond acceptors (Lipinski definition) is 0. The van der Waals surface area contributed by atoms with Gasteiger partial charge in [0.25, 0.3) is 0 Å². The Morgan fingerprint density at radius 1 is 0.481 bits per heavy atom. The maximum Gasteiger partial charge on any atom is 0.460 e. The van der Waals surface area contributed by atoms with Crippen LogP contribution in [0.15, 0.2) is 11.1 Å². The highest BCUT2D eigenvalue weighted by Gasteiger charge is 2.81. The van der Waals surface area contributed by atoms with Crippen LogP contribution in [-0.4, -0.2) is 42.2 Å². The van der Waals surface area contributed by atoms with Gasteiger partial charge in [0.15, 0.2) is 0 Å². The molecule has 0 aliphatic rings. The summed E-state index contributed by atoms with van der Waals surface area (Å²) in [6.07, 6.45) is -29.9. The van der Waals surface area contributed by atoms with Gasteiger partial charge in [0.2, 0.25) is 0 Å². The number of hydrogen-bond donors (Lipinski definition) is 0. The van der Waals surface area contributed by atoms with E-state index in [1.165, 1.54) is 0 Å². The molecule has 0 aromatic carbocycles. The Morgan fingerprint density at radius 3 is 0.963 bits per heavy atom. The predicted octanol–water partition coefficient (Wildman–Crippen LogP) is 6.53. The zero-order chi connectivity index (χ0) is 22.7. The van der Waals surface area contributed by atoms with E-state index in [9.17, 15) is 74.6 Å². The SMILES string of the molecule is C/C(=C(/C(F)(F)F)C(F)(F)C(F)(F)C(F)(F)F)C(F)(C(F)(F)F)C(F)(F)F. The third-order valence-corrected chi connectivity index (χ3v) is 3.02. The maximum atomic E-state index is 13.5. The van der Waals surface area contributed by atoms with Crippen molar-refractivity contribution in [1.29, 1.82) is 0 Å². The summed E-state index contributed by atoms with van der Waals surface area (Å²) in [5.74, 6) is -15.5. The van der Waals surface area contributed by atoms with Gasteiger partial charge in [-0.1, -0.05) is 0 Å². The van der Waals surface area contributed by atoms with Crippen LogP contribution in [0.5, 0.6) is 0 Å². The molecule has 0 saturated heterocycles. The monoisotopic (exact) mass is 446 g/mol. The molecule has 162 valence electrons. The lowest BCUT2D eigenvalue weighted by molar-refractivity contribution is -0.353. The molecule has 0 nitrogen and oxygen atoms in total. The second-order valence-electron chi connectivity index (χ2n) is 4.80. The zero-order valence-electron chi connectivity index (χ0n) is 11.9. The highest BCUT2D eigenvalue weighted by molar-refractivity contribution is 5.36. The summed E-state index contributed by atoms with van der Waals surface area (Å²) < 4.78 is 213. The van der Waals surface area contributed by atoms with E-state index < -0.39 is 60.3 Å². The number of rotatable bonds is 3. The van der Waals surface area contributed by atoms with Crippen LogP contribution in [0.3, 0.4) is 0 Å². The molecule has 0 radical (unpaired) electrons. The van der Waals surface area contributed by atoms with Crippen molar-refractivity contribution in [2.45, 2.75) is 49.1 Å². The molecule has 0 atom stereocenters.